The lowest BCUT2D eigenvalue weighted by atomic mass is 9.92. The maximum absolute atomic E-state index is 13.3. The second kappa shape index (κ2) is 13.4. The quantitative estimate of drug-likeness (QED) is 0.222. The molecule has 0 saturated carbocycles. The normalized spacial score (nSPS) is 18.8. The summed E-state index contributed by atoms with van der Waals surface area (Å²) in [5.74, 6) is 0.204. The molecule has 3 aromatic carbocycles. The number of carbonyl (C=O) groups excluding carboxylic acids is 2. The van der Waals surface area contributed by atoms with Crippen molar-refractivity contribution < 1.29 is 14.3 Å². The van der Waals surface area contributed by atoms with Crippen LogP contribution in [-0.4, -0.2) is 64.8 Å². The Labute approximate surface area is 243 Å². The second-order valence-electron chi connectivity index (χ2n) is 10.6. The third kappa shape index (κ3) is 7.11. The summed E-state index contributed by atoms with van der Waals surface area (Å²) in [6, 6.07) is 24.2. The smallest absolute Gasteiger partial charge is 0.308 e. The topological polar surface area (TPSA) is 53.1 Å². The lowest BCUT2D eigenvalue weighted by Gasteiger charge is -2.48. The average Bonchev–Trinajstić information content (AvgIpc) is 2.92. The number of nitrogens with zero attached hydrogens (tertiary/aromatic N) is 3. The van der Waals surface area contributed by atoms with Crippen molar-refractivity contribution in [2.24, 2.45) is 0 Å². The molecule has 1 aliphatic heterocycles. The number of esters is 1. The molecule has 0 aliphatic carbocycles. The van der Waals surface area contributed by atoms with Gasteiger partial charge in [0.25, 0.3) is 5.91 Å². The molecule has 1 fully saturated rings. The van der Waals surface area contributed by atoms with Crippen molar-refractivity contribution in [3.63, 3.8) is 0 Å². The maximum Gasteiger partial charge on any atom is 0.308 e. The van der Waals surface area contributed by atoms with Crippen LogP contribution in [-0.2, 0) is 11.3 Å². The van der Waals surface area contributed by atoms with Gasteiger partial charge in [-0.3, -0.25) is 19.4 Å². The minimum absolute atomic E-state index is 0.0343. The monoisotopic (exact) mass is 561 g/mol. The van der Waals surface area contributed by atoms with E-state index < -0.39 is 0 Å². The van der Waals surface area contributed by atoms with Crippen molar-refractivity contribution in [3.05, 3.63) is 100 Å². The van der Waals surface area contributed by atoms with Crippen molar-refractivity contribution in [3.8, 4) is 5.75 Å². The lowest BCUT2D eigenvalue weighted by Crippen LogP contribution is -2.56. The molecule has 4 rings (SSSR count). The Kier molecular flexibility index (Phi) is 10.0. The van der Waals surface area contributed by atoms with Crippen molar-refractivity contribution >= 4 is 23.5 Å². The Hall–Kier alpha value is -3.19. The minimum Gasteiger partial charge on any atom is -0.427 e. The number of halogens is 1. The van der Waals surface area contributed by atoms with Crippen LogP contribution in [0.15, 0.2) is 72.8 Å². The van der Waals surface area contributed by atoms with Crippen molar-refractivity contribution in [1.82, 2.24) is 14.7 Å². The molecule has 0 aromatic heterocycles. The fraction of sp³-hybridized carbons (Fsp3) is 0.394. The van der Waals surface area contributed by atoms with Gasteiger partial charge >= 0.3 is 5.97 Å². The zero-order valence-corrected chi connectivity index (χ0v) is 24.9. The first kappa shape index (κ1) is 29.8. The van der Waals surface area contributed by atoms with E-state index in [2.05, 4.69) is 41.8 Å². The first-order valence-electron chi connectivity index (χ1n) is 14.1. The molecule has 6 nitrogen and oxygen atoms in total. The van der Waals surface area contributed by atoms with E-state index in [1.807, 2.05) is 67.3 Å². The number of carbonyl (C=O) groups is 2. The van der Waals surface area contributed by atoms with Crippen LogP contribution in [0.25, 0.3) is 0 Å². The van der Waals surface area contributed by atoms with Gasteiger partial charge < -0.3 is 9.64 Å². The van der Waals surface area contributed by atoms with Gasteiger partial charge in [-0.05, 0) is 80.8 Å². The van der Waals surface area contributed by atoms with Gasteiger partial charge in [0, 0.05) is 62.3 Å². The van der Waals surface area contributed by atoms with Crippen LogP contribution < -0.4 is 4.74 Å². The Bertz CT molecular complexity index is 1330. The van der Waals surface area contributed by atoms with Crippen LogP contribution in [0.3, 0.4) is 0 Å². The summed E-state index contributed by atoms with van der Waals surface area (Å²) < 4.78 is 5.45. The second-order valence-corrected chi connectivity index (χ2v) is 11.1. The highest BCUT2D eigenvalue weighted by atomic mass is 35.5. The molecular weight excluding hydrogens is 522 g/mol. The predicted octanol–water partition coefficient (Wildman–Crippen LogP) is 6.43. The minimum atomic E-state index is -0.350. The molecule has 3 unspecified atom stereocenters. The molecule has 1 amide bonds. The average molecular weight is 562 g/mol. The molecule has 1 heterocycles. The first-order valence-corrected chi connectivity index (χ1v) is 14.5. The zero-order valence-electron chi connectivity index (χ0n) is 24.1. The van der Waals surface area contributed by atoms with Crippen molar-refractivity contribution in [2.75, 3.05) is 26.2 Å². The fourth-order valence-electron chi connectivity index (χ4n) is 5.70. The Morgan fingerprint density at radius 2 is 1.60 bits per heavy atom. The number of hydrogen-bond acceptors (Lipinski definition) is 5. The summed E-state index contributed by atoms with van der Waals surface area (Å²) in [4.78, 5) is 31.8. The van der Waals surface area contributed by atoms with Gasteiger partial charge in [-0.25, -0.2) is 0 Å². The van der Waals surface area contributed by atoms with E-state index in [0.29, 0.717) is 24.4 Å². The van der Waals surface area contributed by atoms with E-state index in [0.717, 1.165) is 35.8 Å². The zero-order chi connectivity index (χ0) is 28.8. The summed E-state index contributed by atoms with van der Waals surface area (Å²) >= 11 is 6.26. The highest BCUT2D eigenvalue weighted by Crippen LogP contribution is 2.35. The molecular formula is C33H40ClN3O3. The Morgan fingerprint density at radius 3 is 2.27 bits per heavy atom. The van der Waals surface area contributed by atoms with Gasteiger partial charge in [-0.1, -0.05) is 48.0 Å². The van der Waals surface area contributed by atoms with Gasteiger partial charge in [-0.2, -0.15) is 0 Å². The molecule has 212 valence electrons. The molecule has 3 aromatic rings. The van der Waals surface area contributed by atoms with E-state index in [1.54, 1.807) is 6.07 Å². The van der Waals surface area contributed by atoms with Crippen LogP contribution in [0, 0.1) is 0 Å². The fourth-order valence-corrected chi connectivity index (χ4v) is 5.91. The third-order valence-corrected chi connectivity index (χ3v) is 7.94. The lowest BCUT2D eigenvalue weighted by molar-refractivity contribution is -0.131. The van der Waals surface area contributed by atoms with Crippen molar-refractivity contribution in [2.45, 2.75) is 59.3 Å². The Morgan fingerprint density at radius 1 is 0.925 bits per heavy atom. The number of benzene rings is 3. The van der Waals surface area contributed by atoms with Crippen LogP contribution in [0.2, 0.25) is 5.02 Å². The SMILES string of the molecule is CCN(CC)C(=O)c1cccc(C(c2cccc(OC(C)=O)c2)N2CC(C)N(Cc3cccc(Cl)c3)CC2C)c1. The summed E-state index contributed by atoms with van der Waals surface area (Å²) in [5, 5.41) is 0.753. The van der Waals surface area contributed by atoms with Gasteiger partial charge in [0.2, 0.25) is 0 Å². The summed E-state index contributed by atoms with van der Waals surface area (Å²) in [5.41, 5.74) is 3.95. The molecule has 7 heteroatoms. The van der Waals surface area contributed by atoms with E-state index in [4.69, 9.17) is 16.3 Å². The van der Waals surface area contributed by atoms with E-state index in [-0.39, 0.29) is 30.0 Å². The number of amides is 1. The van der Waals surface area contributed by atoms with E-state index in [9.17, 15) is 9.59 Å². The molecule has 0 radical (unpaired) electrons. The molecule has 0 spiro atoms. The van der Waals surface area contributed by atoms with Gasteiger partial charge in [0.05, 0.1) is 6.04 Å². The number of piperazine rings is 1. The summed E-state index contributed by atoms with van der Waals surface area (Å²) in [6.07, 6.45) is 0. The standard InChI is InChI=1S/C33H40ClN3O3/c1-6-35(7-2)33(39)29-14-9-12-27(18-29)32(28-13-10-16-31(19-28)40-25(5)38)37-21-23(3)36(20-24(37)4)22-26-11-8-15-30(34)17-26/h8-19,23-24,32H,6-7,20-22H2,1-5H3. The van der Waals surface area contributed by atoms with Gasteiger partial charge in [0.1, 0.15) is 5.75 Å². The highest BCUT2D eigenvalue weighted by molar-refractivity contribution is 6.30. The molecule has 40 heavy (non-hydrogen) atoms. The summed E-state index contributed by atoms with van der Waals surface area (Å²) in [6.45, 7) is 13.8. The molecule has 3 atom stereocenters. The Balaban J connectivity index is 1.69. The number of rotatable bonds is 9. The van der Waals surface area contributed by atoms with E-state index in [1.165, 1.54) is 12.5 Å². The van der Waals surface area contributed by atoms with Crippen molar-refractivity contribution in [1.29, 1.82) is 0 Å². The molecule has 0 bridgehead atoms. The first-order chi connectivity index (χ1) is 19.2. The van der Waals surface area contributed by atoms with Gasteiger partial charge in [0.15, 0.2) is 0 Å². The van der Waals surface area contributed by atoms with E-state index >= 15 is 0 Å². The van der Waals surface area contributed by atoms with Gasteiger partial charge in [-0.15, -0.1) is 0 Å². The number of ether oxygens (including phenoxy) is 1. The largest absolute Gasteiger partial charge is 0.427 e. The van der Waals surface area contributed by atoms with Crippen LogP contribution in [0.4, 0.5) is 0 Å². The molecule has 0 N–H and O–H groups in total. The molecule has 1 aliphatic rings. The van der Waals surface area contributed by atoms with Crippen LogP contribution >= 0.6 is 11.6 Å². The van der Waals surface area contributed by atoms with Crippen LogP contribution in [0.5, 0.6) is 5.75 Å². The summed E-state index contributed by atoms with van der Waals surface area (Å²) in [7, 11) is 0. The maximum atomic E-state index is 13.3. The predicted molar refractivity (Wildman–Crippen MR) is 161 cm³/mol. The third-order valence-electron chi connectivity index (χ3n) is 7.70. The highest BCUT2D eigenvalue weighted by Gasteiger charge is 2.35. The molecule has 1 saturated heterocycles. The number of hydrogen-bond donors (Lipinski definition) is 0. The van der Waals surface area contributed by atoms with Crippen LogP contribution in [0.1, 0.15) is 67.7 Å².